The van der Waals surface area contributed by atoms with Crippen molar-refractivity contribution in [1.29, 1.82) is 0 Å². The number of hydrazine groups is 1. The Morgan fingerprint density at radius 1 is 1.47 bits per heavy atom. The number of nitrogens with zero attached hydrogens (tertiary/aromatic N) is 4. The van der Waals surface area contributed by atoms with Gasteiger partial charge in [0.25, 0.3) is 0 Å². The Bertz CT molecular complexity index is 503. The minimum atomic E-state index is -0.613. The lowest BCUT2D eigenvalue weighted by Gasteiger charge is -2.12. The summed E-state index contributed by atoms with van der Waals surface area (Å²) in [7, 11) is 3.16. The van der Waals surface area contributed by atoms with Gasteiger partial charge in [-0.15, -0.1) is 0 Å². The summed E-state index contributed by atoms with van der Waals surface area (Å²) in [6, 6.07) is 0. The second-order valence-corrected chi connectivity index (χ2v) is 3.87. The van der Waals surface area contributed by atoms with Crippen molar-refractivity contribution in [2.24, 2.45) is 5.84 Å². The molecule has 0 radical (unpaired) electrons. The SMILES string of the molecule is Cc1nc(NN)nc(NCC(=O)N(C)C)c1[N+](=O)[O-]. The van der Waals surface area contributed by atoms with Crippen LogP contribution < -0.4 is 16.6 Å². The summed E-state index contributed by atoms with van der Waals surface area (Å²) >= 11 is 0. The van der Waals surface area contributed by atoms with E-state index < -0.39 is 4.92 Å². The normalized spacial score (nSPS) is 9.89. The first-order valence-corrected chi connectivity index (χ1v) is 5.30. The number of carbonyl (C=O) groups is 1. The number of aromatic nitrogens is 2. The highest BCUT2D eigenvalue weighted by Crippen LogP contribution is 2.25. The first-order valence-electron chi connectivity index (χ1n) is 5.30. The second-order valence-electron chi connectivity index (χ2n) is 3.87. The molecular weight excluding hydrogens is 254 g/mol. The van der Waals surface area contributed by atoms with E-state index in [0.717, 1.165) is 0 Å². The molecule has 0 saturated heterocycles. The van der Waals surface area contributed by atoms with Gasteiger partial charge in [0.15, 0.2) is 0 Å². The molecular formula is C9H15N7O3. The van der Waals surface area contributed by atoms with Crippen LogP contribution in [0.15, 0.2) is 0 Å². The smallest absolute Gasteiger partial charge is 0.332 e. The fraction of sp³-hybridized carbons (Fsp3) is 0.444. The number of nitrogens with two attached hydrogens (primary N) is 1. The van der Waals surface area contributed by atoms with Crippen molar-refractivity contribution >= 4 is 23.4 Å². The first kappa shape index (κ1) is 14.6. The third kappa shape index (κ3) is 3.48. The van der Waals surface area contributed by atoms with Crippen molar-refractivity contribution in [2.75, 3.05) is 31.4 Å². The van der Waals surface area contributed by atoms with Crippen molar-refractivity contribution in [3.05, 3.63) is 15.8 Å². The molecule has 1 aromatic heterocycles. The van der Waals surface area contributed by atoms with Crippen LogP contribution in [0.1, 0.15) is 5.69 Å². The van der Waals surface area contributed by atoms with Crippen molar-refractivity contribution in [3.63, 3.8) is 0 Å². The van der Waals surface area contributed by atoms with Crippen LogP contribution in [0, 0.1) is 17.0 Å². The molecule has 104 valence electrons. The van der Waals surface area contributed by atoms with Gasteiger partial charge in [-0.05, 0) is 6.92 Å². The number of amides is 1. The van der Waals surface area contributed by atoms with Gasteiger partial charge in [-0.3, -0.25) is 20.3 Å². The van der Waals surface area contributed by atoms with Crippen molar-refractivity contribution in [1.82, 2.24) is 14.9 Å². The maximum Gasteiger partial charge on any atom is 0.332 e. The molecule has 0 bridgehead atoms. The van der Waals surface area contributed by atoms with Gasteiger partial charge in [-0.25, -0.2) is 10.8 Å². The molecule has 0 saturated carbocycles. The molecule has 1 rings (SSSR count). The number of carbonyl (C=O) groups excluding carboxylic acids is 1. The molecule has 10 heteroatoms. The van der Waals surface area contributed by atoms with E-state index in [1.165, 1.54) is 11.8 Å². The first-order chi connectivity index (χ1) is 8.86. The van der Waals surface area contributed by atoms with Gasteiger partial charge in [0, 0.05) is 14.1 Å². The molecule has 10 nitrogen and oxygen atoms in total. The van der Waals surface area contributed by atoms with E-state index in [1.54, 1.807) is 14.1 Å². The lowest BCUT2D eigenvalue weighted by Crippen LogP contribution is -2.29. The van der Waals surface area contributed by atoms with Gasteiger partial charge < -0.3 is 10.2 Å². The highest BCUT2D eigenvalue weighted by Gasteiger charge is 2.22. The highest BCUT2D eigenvalue weighted by atomic mass is 16.6. The third-order valence-electron chi connectivity index (χ3n) is 2.28. The van der Waals surface area contributed by atoms with E-state index >= 15 is 0 Å². The fourth-order valence-electron chi connectivity index (χ4n) is 1.29. The average Bonchev–Trinajstić information content (AvgIpc) is 2.34. The Kier molecular flexibility index (Phi) is 4.53. The summed E-state index contributed by atoms with van der Waals surface area (Å²) in [5.41, 5.74) is 2.06. The lowest BCUT2D eigenvalue weighted by atomic mass is 10.3. The van der Waals surface area contributed by atoms with E-state index in [-0.39, 0.29) is 35.6 Å². The number of nitrogen functional groups attached to an aromatic ring is 1. The maximum atomic E-state index is 11.4. The Balaban J connectivity index is 3.06. The minimum absolute atomic E-state index is 0.0305. The van der Waals surface area contributed by atoms with Gasteiger partial charge >= 0.3 is 5.69 Å². The molecule has 0 aromatic carbocycles. The van der Waals surface area contributed by atoms with Crippen LogP contribution in [0.2, 0.25) is 0 Å². The van der Waals surface area contributed by atoms with Crippen LogP contribution in [-0.4, -0.2) is 46.3 Å². The van der Waals surface area contributed by atoms with Gasteiger partial charge in [-0.2, -0.15) is 4.98 Å². The number of nitrogens with one attached hydrogen (secondary N) is 2. The monoisotopic (exact) mass is 269 g/mol. The molecule has 0 unspecified atom stereocenters. The molecule has 19 heavy (non-hydrogen) atoms. The van der Waals surface area contributed by atoms with Crippen LogP contribution >= 0.6 is 0 Å². The third-order valence-corrected chi connectivity index (χ3v) is 2.28. The van der Waals surface area contributed by atoms with Crippen molar-refractivity contribution in [3.8, 4) is 0 Å². The second kappa shape index (κ2) is 5.91. The standard InChI is InChI=1S/C9H15N7O3/c1-5-7(16(18)19)8(13-9(12-5)14-10)11-4-6(17)15(2)3/h4,10H2,1-3H3,(H2,11,12,13,14). The van der Waals surface area contributed by atoms with E-state index in [0.29, 0.717) is 0 Å². The summed E-state index contributed by atoms with van der Waals surface area (Å²) in [6.45, 7) is 1.34. The summed E-state index contributed by atoms with van der Waals surface area (Å²) < 4.78 is 0. The quantitative estimate of drug-likeness (QED) is 0.368. The summed E-state index contributed by atoms with van der Waals surface area (Å²) in [6.07, 6.45) is 0. The molecule has 1 amide bonds. The average molecular weight is 269 g/mol. The largest absolute Gasteiger partial charge is 0.355 e. The molecule has 0 spiro atoms. The number of hydrogen-bond acceptors (Lipinski definition) is 8. The van der Waals surface area contributed by atoms with Crippen LogP contribution in [0.25, 0.3) is 0 Å². The van der Waals surface area contributed by atoms with Crippen LogP contribution in [0.5, 0.6) is 0 Å². The van der Waals surface area contributed by atoms with Crippen LogP contribution in [-0.2, 0) is 4.79 Å². The van der Waals surface area contributed by atoms with Crippen LogP contribution in [0.4, 0.5) is 17.5 Å². The molecule has 0 atom stereocenters. The number of nitro groups is 1. The number of likely N-dealkylation sites (N-methyl/N-ethyl adjacent to an activating group) is 1. The number of rotatable bonds is 5. The number of aryl methyl sites for hydroxylation is 1. The zero-order valence-electron chi connectivity index (χ0n) is 10.8. The van der Waals surface area contributed by atoms with E-state index in [1.807, 2.05) is 0 Å². The molecule has 4 N–H and O–H groups in total. The van der Waals surface area contributed by atoms with E-state index in [2.05, 4.69) is 20.7 Å². The highest BCUT2D eigenvalue weighted by molar-refractivity contribution is 5.81. The molecule has 0 aliphatic rings. The predicted molar refractivity (Wildman–Crippen MR) is 68.4 cm³/mol. The Morgan fingerprint density at radius 2 is 2.11 bits per heavy atom. The zero-order valence-corrected chi connectivity index (χ0v) is 10.8. The van der Waals surface area contributed by atoms with Gasteiger partial charge in [-0.1, -0.05) is 0 Å². The van der Waals surface area contributed by atoms with E-state index in [9.17, 15) is 14.9 Å². The Hall–Kier alpha value is -2.49. The molecule has 0 aliphatic carbocycles. The lowest BCUT2D eigenvalue weighted by molar-refractivity contribution is -0.385. The topological polar surface area (TPSA) is 139 Å². The summed E-state index contributed by atoms with van der Waals surface area (Å²) in [4.78, 5) is 30.8. The predicted octanol–water partition coefficient (Wildman–Crippen LogP) is -0.521. The minimum Gasteiger partial charge on any atom is -0.355 e. The maximum absolute atomic E-state index is 11.4. The molecule has 1 heterocycles. The molecule has 0 fully saturated rings. The van der Waals surface area contributed by atoms with Crippen LogP contribution in [0.3, 0.4) is 0 Å². The summed E-state index contributed by atoms with van der Waals surface area (Å²) in [5, 5.41) is 13.6. The Morgan fingerprint density at radius 3 is 2.58 bits per heavy atom. The van der Waals surface area contributed by atoms with Gasteiger partial charge in [0.05, 0.1) is 11.5 Å². The number of anilines is 2. The fourth-order valence-corrected chi connectivity index (χ4v) is 1.29. The van der Waals surface area contributed by atoms with Gasteiger partial charge in [0.2, 0.25) is 17.7 Å². The van der Waals surface area contributed by atoms with Crippen molar-refractivity contribution < 1.29 is 9.72 Å². The van der Waals surface area contributed by atoms with Crippen molar-refractivity contribution in [2.45, 2.75) is 6.92 Å². The molecule has 1 aromatic rings. The number of hydrogen-bond donors (Lipinski definition) is 3. The molecule has 0 aliphatic heterocycles. The van der Waals surface area contributed by atoms with E-state index in [4.69, 9.17) is 5.84 Å². The Labute approximate surface area is 109 Å². The zero-order chi connectivity index (χ0) is 14.6. The van der Waals surface area contributed by atoms with Gasteiger partial charge in [0.1, 0.15) is 5.69 Å². The summed E-state index contributed by atoms with van der Waals surface area (Å²) in [5.74, 6) is 4.90.